The van der Waals surface area contributed by atoms with Crippen molar-refractivity contribution in [3.63, 3.8) is 0 Å². The second-order valence-corrected chi connectivity index (χ2v) is 5.49. The van der Waals surface area contributed by atoms with Gasteiger partial charge in [-0.25, -0.2) is 0 Å². The Morgan fingerprint density at radius 1 is 1.32 bits per heavy atom. The molecule has 6 nitrogen and oxygen atoms in total. The highest BCUT2D eigenvalue weighted by Gasteiger charge is 2.20. The molecule has 7 heteroatoms. The van der Waals surface area contributed by atoms with Gasteiger partial charge in [0.2, 0.25) is 5.89 Å². The van der Waals surface area contributed by atoms with Gasteiger partial charge in [0.1, 0.15) is 4.88 Å². The summed E-state index contributed by atoms with van der Waals surface area (Å²) in [7, 11) is 0. The van der Waals surface area contributed by atoms with Crippen molar-refractivity contribution in [1.29, 1.82) is 0 Å². The zero-order valence-corrected chi connectivity index (χ0v) is 11.7. The Balaban J connectivity index is 1.56. The van der Waals surface area contributed by atoms with Gasteiger partial charge >= 0.3 is 0 Å². The summed E-state index contributed by atoms with van der Waals surface area (Å²) in [6.45, 7) is 3.06. The van der Waals surface area contributed by atoms with Crippen LogP contribution in [0.25, 0.3) is 10.8 Å². The van der Waals surface area contributed by atoms with Crippen molar-refractivity contribution >= 4 is 11.5 Å². The largest absolute Gasteiger partial charge is 0.420 e. The minimum Gasteiger partial charge on any atom is -0.420 e. The lowest BCUT2D eigenvalue weighted by atomic mass is 10.3. The maximum absolute atomic E-state index is 5.67. The SMILES string of the molecule is CCc1nnsc1-c1nnc(CCCNC2CC2)o1. The molecule has 2 aromatic heterocycles. The van der Waals surface area contributed by atoms with E-state index in [-0.39, 0.29) is 0 Å². The van der Waals surface area contributed by atoms with Crippen molar-refractivity contribution in [2.75, 3.05) is 6.54 Å². The van der Waals surface area contributed by atoms with Crippen LogP contribution in [-0.2, 0) is 12.8 Å². The van der Waals surface area contributed by atoms with Crippen LogP contribution < -0.4 is 5.32 Å². The number of aromatic nitrogens is 4. The fourth-order valence-electron chi connectivity index (χ4n) is 1.88. The van der Waals surface area contributed by atoms with Crippen LogP contribution in [0, 0.1) is 0 Å². The first-order valence-corrected chi connectivity index (χ1v) is 7.51. The van der Waals surface area contributed by atoms with Gasteiger partial charge in [-0.3, -0.25) is 0 Å². The van der Waals surface area contributed by atoms with E-state index in [9.17, 15) is 0 Å². The quantitative estimate of drug-likeness (QED) is 0.779. The Bertz CT molecular complexity index is 534. The predicted octanol–water partition coefficient (Wildman–Crippen LogP) is 1.84. The van der Waals surface area contributed by atoms with E-state index in [1.807, 2.05) is 6.92 Å². The monoisotopic (exact) mass is 279 g/mol. The third kappa shape index (κ3) is 3.16. The number of nitrogens with one attached hydrogen (secondary N) is 1. The van der Waals surface area contributed by atoms with Crippen molar-refractivity contribution in [3.8, 4) is 10.8 Å². The molecule has 0 unspecified atom stereocenters. The number of nitrogens with zero attached hydrogens (tertiary/aromatic N) is 4. The summed E-state index contributed by atoms with van der Waals surface area (Å²) in [5.41, 5.74) is 0.926. The summed E-state index contributed by atoms with van der Waals surface area (Å²) in [5.74, 6) is 1.25. The Morgan fingerprint density at radius 2 is 2.21 bits per heavy atom. The molecule has 2 aromatic rings. The molecule has 19 heavy (non-hydrogen) atoms. The second kappa shape index (κ2) is 5.75. The van der Waals surface area contributed by atoms with E-state index in [0.29, 0.717) is 11.8 Å². The molecule has 0 radical (unpaired) electrons. The van der Waals surface area contributed by atoms with Crippen LogP contribution in [0.4, 0.5) is 0 Å². The Kier molecular flexibility index (Phi) is 3.84. The fourth-order valence-corrected chi connectivity index (χ4v) is 2.55. The highest BCUT2D eigenvalue weighted by Crippen LogP contribution is 2.25. The van der Waals surface area contributed by atoms with Gasteiger partial charge in [0, 0.05) is 12.5 Å². The van der Waals surface area contributed by atoms with Crippen molar-refractivity contribution in [3.05, 3.63) is 11.6 Å². The summed E-state index contributed by atoms with van der Waals surface area (Å²) < 4.78 is 9.61. The van der Waals surface area contributed by atoms with Crippen molar-refractivity contribution < 1.29 is 4.42 Å². The topological polar surface area (TPSA) is 76.7 Å². The standard InChI is InChI=1S/C12H17N5OS/c1-2-9-11(19-17-14-9)12-16-15-10(18-12)4-3-7-13-8-5-6-8/h8,13H,2-7H2,1H3. The molecule has 0 saturated heterocycles. The first-order valence-electron chi connectivity index (χ1n) is 6.74. The second-order valence-electron chi connectivity index (χ2n) is 4.74. The van der Waals surface area contributed by atoms with Crippen LogP contribution in [0.3, 0.4) is 0 Å². The average Bonchev–Trinajstić information content (AvgIpc) is 2.94. The fraction of sp³-hybridized carbons (Fsp3) is 0.667. The number of rotatable bonds is 7. The van der Waals surface area contributed by atoms with Crippen molar-refractivity contribution in [1.82, 2.24) is 25.1 Å². The van der Waals surface area contributed by atoms with E-state index in [1.54, 1.807) is 0 Å². The van der Waals surface area contributed by atoms with Gasteiger partial charge in [-0.05, 0) is 43.8 Å². The molecular weight excluding hydrogens is 262 g/mol. The van der Waals surface area contributed by atoms with Gasteiger partial charge in [0.25, 0.3) is 5.89 Å². The molecule has 102 valence electrons. The molecule has 2 heterocycles. The summed E-state index contributed by atoms with van der Waals surface area (Å²) in [6.07, 6.45) is 5.32. The van der Waals surface area contributed by atoms with Gasteiger partial charge in [-0.1, -0.05) is 11.4 Å². The molecule has 0 atom stereocenters. The van der Waals surface area contributed by atoms with E-state index in [4.69, 9.17) is 4.42 Å². The van der Waals surface area contributed by atoms with Gasteiger partial charge in [-0.2, -0.15) is 0 Å². The molecule has 0 amide bonds. The highest BCUT2D eigenvalue weighted by molar-refractivity contribution is 7.09. The highest BCUT2D eigenvalue weighted by atomic mass is 32.1. The molecule has 0 bridgehead atoms. The maximum atomic E-state index is 5.67. The zero-order valence-electron chi connectivity index (χ0n) is 10.9. The summed E-state index contributed by atoms with van der Waals surface area (Å²) in [5, 5.41) is 15.7. The van der Waals surface area contributed by atoms with Gasteiger partial charge in [0.15, 0.2) is 0 Å². The first kappa shape index (κ1) is 12.7. The molecule has 1 saturated carbocycles. The number of aryl methyl sites for hydroxylation is 2. The first-order chi connectivity index (χ1) is 9.36. The normalized spacial score (nSPS) is 15.0. The van der Waals surface area contributed by atoms with Crippen LogP contribution in [0.5, 0.6) is 0 Å². The molecule has 1 aliphatic rings. The lowest BCUT2D eigenvalue weighted by Gasteiger charge is -1.99. The summed E-state index contributed by atoms with van der Waals surface area (Å²) in [4.78, 5) is 0.900. The number of hydrogen-bond acceptors (Lipinski definition) is 7. The van der Waals surface area contributed by atoms with Crippen LogP contribution in [-0.4, -0.2) is 32.4 Å². The zero-order chi connectivity index (χ0) is 13.1. The van der Waals surface area contributed by atoms with Crippen LogP contribution in [0.2, 0.25) is 0 Å². The molecule has 1 fully saturated rings. The maximum Gasteiger partial charge on any atom is 0.261 e. The van der Waals surface area contributed by atoms with Crippen molar-refractivity contribution in [2.24, 2.45) is 0 Å². The van der Waals surface area contributed by atoms with Gasteiger partial charge < -0.3 is 9.73 Å². The van der Waals surface area contributed by atoms with E-state index >= 15 is 0 Å². The van der Waals surface area contributed by atoms with Crippen LogP contribution >= 0.6 is 11.5 Å². The molecule has 3 rings (SSSR count). The Labute approximate surface area is 115 Å². The summed E-state index contributed by atoms with van der Waals surface area (Å²) in [6, 6.07) is 0.758. The number of hydrogen-bond donors (Lipinski definition) is 1. The molecule has 1 N–H and O–H groups in total. The molecule has 0 aromatic carbocycles. The van der Waals surface area contributed by atoms with Gasteiger partial charge in [-0.15, -0.1) is 15.3 Å². The minimum atomic E-state index is 0.553. The molecule has 0 aliphatic heterocycles. The Morgan fingerprint density at radius 3 is 3.00 bits per heavy atom. The lowest BCUT2D eigenvalue weighted by Crippen LogP contribution is -2.17. The van der Waals surface area contributed by atoms with Gasteiger partial charge in [0.05, 0.1) is 5.69 Å². The van der Waals surface area contributed by atoms with E-state index in [0.717, 1.165) is 42.4 Å². The molecular formula is C12H17N5OS. The lowest BCUT2D eigenvalue weighted by molar-refractivity contribution is 0.491. The summed E-state index contributed by atoms with van der Waals surface area (Å²) >= 11 is 1.31. The molecule has 0 spiro atoms. The minimum absolute atomic E-state index is 0.553. The van der Waals surface area contributed by atoms with Crippen LogP contribution in [0.15, 0.2) is 4.42 Å². The third-order valence-electron chi connectivity index (χ3n) is 3.13. The molecule has 1 aliphatic carbocycles. The third-order valence-corrected chi connectivity index (χ3v) is 3.89. The van der Waals surface area contributed by atoms with E-state index in [2.05, 4.69) is 25.1 Å². The van der Waals surface area contributed by atoms with E-state index < -0.39 is 0 Å². The Hall–Kier alpha value is -1.34. The predicted molar refractivity (Wildman–Crippen MR) is 71.9 cm³/mol. The smallest absolute Gasteiger partial charge is 0.261 e. The van der Waals surface area contributed by atoms with Crippen LogP contribution in [0.1, 0.15) is 37.8 Å². The van der Waals surface area contributed by atoms with Crippen molar-refractivity contribution in [2.45, 2.75) is 45.1 Å². The van der Waals surface area contributed by atoms with E-state index in [1.165, 1.54) is 24.4 Å². The average molecular weight is 279 g/mol.